The molecule has 19 heavy (non-hydrogen) atoms. The predicted molar refractivity (Wildman–Crippen MR) is 75.2 cm³/mol. The number of hydrogen-bond acceptors (Lipinski definition) is 4. The molecule has 0 heterocycles. The summed E-state index contributed by atoms with van der Waals surface area (Å²) in [6.45, 7) is 6.35. The van der Waals surface area contributed by atoms with Gasteiger partial charge in [0.2, 0.25) is 0 Å². The van der Waals surface area contributed by atoms with E-state index in [1.54, 1.807) is 24.3 Å². The summed E-state index contributed by atoms with van der Waals surface area (Å²) in [7, 11) is 0. The molecule has 0 bridgehead atoms. The molecule has 1 rings (SSSR count). The van der Waals surface area contributed by atoms with E-state index in [9.17, 15) is 4.79 Å². The summed E-state index contributed by atoms with van der Waals surface area (Å²) in [6, 6.07) is 5.10. The monoisotopic (exact) mass is 264 g/mol. The number of hydrogen-bond donors (Lipinski definition) is 2. The number of anilines is 1. The highest BCUT2D eigenvalue weighted by Gasteiger charge is 2.21. The highest BCUT2D eigenvalue weighted by Crippen LogP contribution is 2.26. The summed E-state index contributed by atoms with van der Waals surface area (Å²) in [6.07, 6.45) is 1.60. The Balaban J connectivity index is 3.11. The first-order valence-electron chi connectivity index (χ1n) is 6.18. The van der Waals surface area contributed by atoms with Crippen LogP contribution in [0.1, 0.15) is 17.3 Å². The molecule has 0 unspecified atom stereocenters. The number of benzene rings is 1. The van der Waals surface area contributed by atoms with Crippen molar-refractivity contribution in [1.29, 1.82) is 0 Å². The van der Waals surface area contributed by atoms with Crippen LogP contribution in [0, 0.1) is 0 Å². The lowest BCUT2D eigenvalue weighted by atomic mass is 10.1. The molecule has 0 aliphatic carbocycles. The maximum Gasteiger partial charge on any atom is 0.260 e. The van der Waals surface area contributed by atoms with Crippen molar-refractivity contribution in [2.24, 2.45) is 0 Å². The van der Waals surface area contributed by atoms with Gasteiger partial charge < -0.3 is 20.5 Å². The number of nitrogens with two attached hydrogens (primary N) is 1. The molecule has 1 amide bonds. The minimum Gasteiger partial charge on any atom is -0.493 e. The summed E-state index contributed by atoms with van der Waals surface area (Å²) in [5, 5.41) is 9.01. The number of carbonyl (C=O) groups is 1. The van der Waals surface area contributed by atoms with E-state index in [0.29, 0.717) is 30.2 Å². The smallest absolute Gasteiger partial charge is 0.260 e. The molecular formula is C14H20N2O3. The van der Waals surface area contributed by atoms with Gasteiger partial charge in [0, 0.05) is 18.8 Å². The van der Waals surface area contributed by atoms with Gasteiger partial charge in [-0.25, -0.2) is 0 Å². The third-order valence-electron chi connectivity index (χ3n) is 2.58. The first-order chi connectivity index (χ1) is 9.15. The maximum absolute atomic E-state index is 12.4. The maximum atomic E-state index is 12.4. The summed E-state index contributed by atoms with van der Waals surface area (Å²) < 4.78 is 5.43. The molecular weight excluding hydrogens is 244 g/mol. The van der Waals surface area contributed by atoms with Crippen LogP contribution < -0.4 is 10.5 Å². The molecule has 0 atom stereocenters. The molecule has 1 aromatic rings. The Morgan fingerprint density at radius 1 is 1.58 bits per heavy atom. The van der Waals surface area contributed by atoms with Gasteiger partial charge in [0.15, 0.2) is 0 Å². The van der Waals surface area contributed by atoms with Gasteiger partial charge in [-0.15, -0.1) is 6.58 Å². The number of aliphatic hydroxyl groups excluding tert-OH is 1. The third-order valence-corrected chi connectivity index (χ3v) is 2.58. The van der Waals surface area contributed by atoms with Crippen molar-refractivity contribution in [3.63, 3.8) is 0 Å². The average Bonchev–Trinajstić information content (AvgIpc) is 2.38. The topological polar surface area (TPSA) is 75.8 Å². The van der Waals surface area contributed by atoms with Crippen molar-refractivity contribution in [1.82, 2.24) is 4.90 Å². The molecule has 0 saturated carbocycles. The fourth-order valence-electron chi connectivity index (χ4n) is 1.76. The Morgan fingerprint density at radius 3 is 2.89 bits per heavy atom. The second-order valence-corrected chi connectivity index (χ2v) is 3.92. The minimum absolute atomic E-state index is 0.115. The Hall–Kier alpha value is -2.01. The summed E-state index contributed by atoms with van der Waals surface area (Å²) in [4.78, 5) is 13.9. The van der Waals surface area contributed by atoms with Gasteiger partial charge >= 0.3 is 0 Å². The van der Waals surface area contributed by atoms with E-state index in [-0.39, 0.29) is 19.1 Å². The van der Waals surface area contributed by atoms with Gasteiger partial charge in [-0.3, -0.25) is 4.79 Å². The van der Waals surface area contributed by atoms with Crippen LogP contribution >= 0.6 is 0 Å². The number of aliphatic hydroxyl groups is 1. The standard InChI is InChI=1S/C14H20N2O3/c1-3-8-16(9-10-17)14(18)13-11(15)6-5-7-12(13)19-4-2/h3,5-7,17H,1,4,8-10,15H2,2H3. The fraction of sp³-hybridized carbons (Fsp3) is 0.357. The number of rotatable bonds is 7. The second kappa shape index (κ2) is 7.43. The highest BCUT2D eigenvalue weighted by atomic mass is 16.5. The van der Waals surface area contributed by atoms with Crippen LogP contribution in [0.5, 0.6) is 5.75 Å². The van der Waals surface area contributed by atoms with Crippen molar-refractivity contribution in [3.05, 3.63) is 36.4 Å². The van der Waals surface area contributed by atoms with Crippen LogP contribution in [0.2, 0.25) is 0 Å². The second-order valence-electron chi connectivity index (χ2n) is 3.92. The normalized spacial score (nSPS) is 10.0. The van der Waals surface area contributed by atoms with Gasteiger partial charge in [-0.05, 0) is 19.1 Å². The number of ether oxygens (including phenoxy) is 1. The van der Waals surface area contributed by atoms with E-state index in [1.807, 2.05) is 6.92 Å². The lowest BCUT2D eigenvalue weighted by Gasteiger charge is -2.22. The third kappa shape index (κ3) is 3.72. The van der Waals surface area contributed by atoms with E-state index < -0.39 is 0 Å². The molecule has 0 saturated heterocycles. The SMILES string of the molecule is C=CCN(CCO)C(=O)c1c(N)cccc1OCC. The van der Waals surface area contributed by atoms with Gasteiger partial charge in [-0.2, -0.15) is 0 Å². The van der Waals surface area contributed by atoms with Crippen LogP contribution in [0.15, 0.2) is 30.9 Å². The molecule has 0 radical (unpaired) electrons. The van der Waals surface area contributed by atoms with E-state index in [0.717, 1.165) is 0 Å². The Morgan fingerprint density at radius 2 is 2.32 bits per heavy atom. The van der Waals surface area contributed by atoms with E-state index >= 15 is 0 Å². The molecule has 0 aliphatic heterocycles. The van der Waals surface area contributed by atoms with Crippen LogP contribution in [0.25, 0.3) is 0 Å². The summed E-state index contributed by atoms with van der Waals surface area (Å²) in [5.41, 5.74) is 6.56. The number of nitrogen functional groups attached to an aromatic ring is 1. The minimum atomic E-state index is -0.268. The highest BCUT2D eigenvalue weighted by molar-refractivity contribution is 6.02. The molecule has 0 fully saturated rings. The number of nitrogens with zero attached hydrogens (tertiary/aromatic N) is 1. The zero-order valence-corrected chi connectivity index (χ0v) is 11.1. The molecule has 3 N–H and O–H groups in total. The quantitative estimate of drug-likeness (QED) is 0.574. The van der Waals surface area contributed by atoms with Crippen molar-refractivity contribution < 1.29 is 14.6 Å². The molecule has 0 spiro atoms. The van der Waals surface area contributed by atoms with Gasteiger partial charge in [0.25, 0.3) is 5.91 Å². The first-order valence-corrected chi connectivity index (χ1v) is 6.18. The largest absolute Gasteiger partial charge is 0.493 e. The lowest BCUT2D eigenvalue weighted by Crippen LogP contribution is -2.34. The van der Waals surface area contributed by atoms with Crippen molar-refractivity contribution >= 4 is 11.6 Å². The molecule has 104 valence electrons. The van der Waals surface area contributed by atoms with Gasteiger partial charge in [0.1, 0.15) is 11.3 Å². The van der Waals surface area contributed by atoms with E-state index in [4.69, 9.17) is 15.6 Å². The molecule has 5 nitrogen and oxygen atoms in total. The molecule has 0 aromatic heterocycles. The van der Waals surface area contributed by atoms with Gasteiger partial charge in [0.05, 0.1) is 13.2 Å². The number of amides is 1. The van der Waals surface area contributed by atoms with E-state index in [2.05, 4.69) is 6.58 Å². The van der Waals surface area contributed by atoms with Crippen LogP contribution in [0.3, 0.4) is 0 Å². The molecule has 1 aromatic carbocycles. The summed E-state index contributed by atoms with van der Waals surface area (Å²) in [5.74, 6) is 0.190. The summed E-state index contributed by atoms with van der Waals surface area (Å²) >= 11 is 0. The Bertz CT molecular complexity index is 446. The van der Waals surface area contributed by atoms with Crippen LogP contribution in [-0.4, -0.2) is 42.2 Å². The lowest BCUT2D eigenvalue weighted by molar-refractivity contribution is 0.0740. The van der Waals surface area contributed by atoms with Crippen molar-refractivity contribution in [2.45, 2.75) is 6.92 Å². The van der Waals surface area contributed by atoms with Crippen molar-refractivity contribution in [3.8, 4) is 5.75 Å². The average molecular weight is 264 g/mol. The molecule has 5 heteroatoms. The zero-order chi connectivity index (χ0) is 14.3. The van der Waals surface area contributed by atoms with Gasteiger partial charge in [-0.1, -0.05) is 12.1 Å². The predicted octanol–water partition coefficient (Wildman–Crippen LogP) is 1.29. The molecule has 0 aliphatic rings. The van der Waals surface area contributed by atoms with Crippen LogP contribution in [0.4, 0.5) is 5.69 Å². The van der Waals surface area contributed by atoms with Crippen molar-refractivity contribution in [2.75, 3.05) is 32.0 Å². The fourth-order valence-corrected chi connectivity index (χ4v) is 1.76. The number of carbonyl (C=O) groups excluding carboxylic acids is 1. The Labute approximate surface area is 113 Å². The zero-order valence-electron chi connectivity index (χ0n) is 11.1. The van der Waals surface area contributed by atoms with E-state index in [1.165, 1.54) is 4.90 Å². The first kappa shape index (κ1) is 15.0. The Kier molecular flexibility index (Phi) is 5.89. The van der Waals surface area contributed by atoms with Crippen LogP contribution in [-0.2, 0) is 0 Å².